The highest BCUT2D eigenvalue weighted by Gasteiger charge is 2.35. The molecule has 2 aliphatic heterocycles. The summed E-state index contributed by atoms with van der Waals surface area (Å²) in [7, 11) is 0.205. The average molecular weight is 340 g/mol. The average Bonchev–Trinajstić information content (AvgIpc) is 3.26. The van der Waals surface area contributed by atoms with E-state index in [-0.39, 0.29) is 15.8 Å². The zero-order valence-corrected chi connectivity index (χ0v) is 15.6. The van der Waals surface area contributed by atoms with Gasteiger partial charge in [0.1, 0.15) is 0 Å². The van der Waals surface area contributed by atoms with Crippen LogP contribution in [0.15, 0.2) is 60.7 Å². The van der Waals surface area contributed by atoms with Crippen molar-refractivity contribution in [3.63, 3.8) is 0 Å². The van der Waals surface area contributed by atoms with Crippen LogP contribution in [0.4, 0.5) is 0 Å². The molecular weight excluding hydrogens is 314 g/mol. The Morgan fingerprint density at radius 2 is 1.09 bits per heavy atom. The van der Waals surface area contributed by atoms with Gasteiger partial charge in [0, 0.05) is 0 Å². The first kappa shape index (κ1) is 15.8. The smallest absolute Gasteiger partial charge is 0.0163 e. The minimum Gasteiger partial charge on any atom is -0.0721 e. The molecule has 0 nitrogen and oxygen atoms in total. The Morgan fingerprint density at radius 3 is 1.52 bits per heavy atom. The third-order valence-corrected chi connectivity index (χ3v) is 11.7. The topological polar surface area (TPSA) is 0 Å². The lowest BCUT2D eigenvalue weighted by molar-refractivity contribution is 0.659. The van der Waals surface area contributed by atoms with Crippen molar-refractivity contribution in [2.75, 3.05) is 12.3 Å². The van der Waals surface area contributed by atoms with E-state index in [1.807, 2.05) is 0 Å². The highest BCUT2D eigenvalue weighted by Crippen LogP contribution is 2.57. The van der Waals surface area contributed by atoms with Crippen LogP contribution in [0, 0.1) is 0 Å². The van der Waals surface area contributed by atoms with Crippen molar-refractivity contribution in [1.82, 2.24) is 0 Å². The summed E-state index contributed by atoms with van der Waals surface area (Å²) in [6.07, 6.45) is 10.3. The summed E-state index contributed by atoms with van der Waals surface area (Å²) in [6, 6.07) is 22.8. The van der Waals surface area contributed by atoms with Gasteiger partial charge in [-0.05, 0) is 66.4 Å². The van der Waals surface area contributed by atoms with Crippen LogP contribution in [0.1, 0.15) is 32.1 Å². The molecule has 0 saturated carbocycles. The lowest BCUT2D eigenvalue weighted by atomic mass is 10.1. The molecule has 0 unspecified atom stereocenters. The fourth-order valence-corrected chi connectivity index (χ4v) is 10.8. The summed E-state index contributed by atoms with van der Waals surface area (Å²) in [5.41, 5.74) is 1.98. The van der Waals surface area contributed by atoms with Crippen LogP contribution in [0.25, 0.3) is 0 Å². The first-order valence-corrected chi connectivity index (χ1v) is 12.2. The molecule has 4 rings (SSSR count). The predicted octanol–water partition coefficient (Wildman–Crippen LogP) is 5.32. The van der Waals surface area contributed by atoms with Crippen molar-refractivity contribution in [2.24, 2.45) is 0 Å². The van der Waals surface area contributed by atoms with Crippen molar-refractivity contribution in [3.8, 4) is 0 Å². The third kappa shape index (κ3) is 3.55. The highest BCUT2D eigenvalue weighted by molar-refractivity contribution is 7.67. The van der Waals surface area contributed by atoms with Gasteiger partial charge in [-0.25, -0.2) is 0 Å². The number of rotatable bonds is 4. The summed E-state index contributed by atoms with van der Waals surface area (Å²) in [5, 5.41) is 3.32. The minimum absolute atomic E-state index is 0.103. The van der Waals surface area contributed by atoms with E-state index in [1.165, 1.54) is 44.4 Å². The lowest BCUT2D eigenvalue weighted by Gasteiger charge is -2.27. The number of benzene rings is 2. The molecule has 0 amide bonds. The summed E-state index contributed by atoms with van der Waals surface area (Å²) in [6.45, 7) is 0. The quantitative estimate of drug-likeness (QED) is 0.661. The molecule has 2 heterocycles. The molecule has 0 aliphatic carbocycles. The fourth-order valence-electron chi connectivity index (χ4n) is 4.39. The first-order chi connectivity index (χ1) is 11.4. The zero-order chi connectivity index (χ0) is 15.5. The molecule has 0 N–H and O–H groups in total. The highest BCUT2D eigenvalue weighted by atomic mass is 31.1. The molecule has 0 bridgehead atoms. The van der Waals surface area contributed by atoms with E-state index < -0.39 is 0 Å². The Kier molecular flexibility index (Phi) is 5.13. The van der Waals surface area contributed by atoms with Crippen molar-refractivity contribution in [1.29, 1.82) is 0 Å². The maximum Gasteiger partial charge on any atom is -0.0163 e. The largest absolute Gasteiger partial charge is 0.0721 e. The van der Waals surface area contributed by atoms with E-state index in [2.05, 4.69) is 60.7 Å². The van der Waals surface area contributed by atoms with Crippen LogP contribution >= 0.6 is 15.8 Å². The van der Waals surface area contributed by atoms with E-state index in [0.29, 0.717) is 0 Å². The second-order valence-electron chi connectivity index (χ2n) is 6.89. The molecule has 23 heavy (non-hydrogen) atoms. The Bertz CT molecular complexity index is 555. The van der Waals surface area contributed by atoms with Gasteiger partial charge in [-0.1, -0.05) is 76.5 Å². The van der Waals surface area contributed by atoms with Crippen molar-refractivity contribution < 1.29 is 0 Å². The van der Waals surface area contributed by atoms with Crippen LogP contribution in [0.2, 0.25) is 0 Å². The van der Waals surface area contributed by atoms with Crippen LogP contribution in [0.5, 0.6) is 0 Å². The lowest BCUT2D eigenvalue weighted by Crippen LogP contribution is -2.18. The van der Waals surface area contributed by atoms with Crippen LogP contribution in [0.3, 0.4) is 0 Å². The number of hydrogen-bond acceptors (Lipinski definition) is 0. The molecule has 0 radical (unpaired) electrons. The third-order valence-electron chi connectivity index (χ3n) is 5.47. The van der Waals surface area contributed by atoms with E-state index >= 15 is 0 Å². The van der Waals surface area contributed by atoms with Gasteiger partial charge < -0.3 is 0 Å². The second kappa shape index (κ2) is 7.46. The number of hydrogen-bond donors (Lipinski definition) is 0. The summed E-state index contributed by atoms with van der Waals surface area (Å²) in [5.74, 6) is 0. The normalized spacial score (nSPS) is 30.6. The molecule has 2 aliphatic rings. The molecule has 2 fully saturated rings. The molecule has 120 valence electrons. The summed E-state index contributed by atoms with van der Waals surface area (Å²) >= 11 is 0. The molecule has 4 atom stereocenters. The maximum atomic E-state index is 2.39. The van der Waals surface area contributed by atoms with Crippen LogP contribution in [-0.2, 0) is 0 Å². The molecular formula is C21H26P2. The Labute approximate surface area is 143 Å². The fraction of sp³-hybridized carbons (Fsp3) is 0.429. The van der Waals surface area contributed by atoms with Gasteiger partial charge in [-0.2, -0.15) is 0 Å². The van der Waals surface area contributed by atoms with Gasteiger partial charge in [0.15, 0.2) is 0 Å². The molecule has 2 heteroatoms. The van der Waals surface area contributed by atoms with E-state index in [4.69, 9.17) is 0 Å². The summed E-state index contributed by atoms with van der Waals surface area (Å²) in [4.78, 5) is 0. The molecule has 2 aromatic carbocycles. The summed E-state index contributed by atoms with van der Waals surface area (Å²) < 4.78 is 0. The van der Waals surface area contributed by atoms with Gasteiger partial charge in [-0.15, -0.1) is 0 Å². The van der Waals surface area contributed by atoms with Gasteiger partial charge in [0.2, 0.25) is 0 Å². The molecule has 2 saturated heterocycles. The van der Waals surface area contributed by atoms with Gasteiger partial charge in [0.25, 0.3) is 0 Å². The Balaban J connectivity index is 1.48. The Morgan fingerprint density at radius 1 is 0.652 bits per heavy atom. The van der Waals surface area contributed by atoms with E-state index in [1.54, 1.807) is 10.6 Å². The van der Waals surface area contributed by atoms with E-state index in [0.717, 1.165) is 11.3 Å². The van der Waals surface area contributed by atoms with E-state index in [9.17, 15) is 0 Å². The van der Waals surface area contributed by atoms with Crippen molar-refractivity contribution in [3.05, 3.63) is 60.7 Å². The van der Waals surface area contributed by atoms with Crippen LogP contribution < -0.4 is 10.6 Å². The minimum atomic E-state index is 0.103. The Hall–Kier alpha value is -0.700. The molecule has 0 spiro atoms. The van der Waals surface area contributed by atoms with Crippen molar-refractivity contribution >= 4 is 26.5 Å². The maximum absolute atomic E-state index is 2.39. The monoisotopic (exact) mass is 340 g/mol. The van der Waals surface area contributed by atoms with Gasteiger partial charge in [-0.3, -0.25) is 0 Å². The standard InChI is InChI=1S/C21H26P2/c1-3-9-18(10-4-1)22-15-7-13-20(22)17-21-14-8-16-23(21)19-11-5-2-6-12-19/h1-6,9-12,20-21H,7-8,13-17H2/t20-,21-,22-,23+/m1/s1. The van der Waals surface area contributed by atoms with Crippen LogP contribution in [-0.4, -0.2) is 23.6 Å². The second-order valence-corrected chi connectivity index (χ2v) is 12.2. The molecule has 0 aromatic heterocycles. The van der Waals surface area contributed by atoms with Gasteiger partial charge >= 0.3 is 0 Å². The van der Waals surface area contributed by atoms with Gasteiger partial charge in [0.05, 0.1) is 0 Å². The first-order valence-electron chi connectivity index (χ1n) is 9.05. The zero-order valence-electron chi connectivity index (χ0n) is 13.8. The molecule has 2 aromatic rings. The van der Waals surface area contributed by atoms with Crippen molar-refractivity contribution in [2.45, 2.75) is 43.4 Å². The SMILES string of the molecule is c1ccc([P@@]2CCC[C@@H]2C[C@H]2CCC[P@@]2c2ccccc2)cc1. The predicted molar refractivity (Wildman–Crippen MR) is 106 cm³/mol.